The summed E-state index contributed by atoms with van der Waals surface area (Å²) in [6, 6.07) is 15.2. The molecule has 0 unspecified atom stereocenters. The maximum Gasteiger partial charge on any atom is 0.318 e. The van der Waals surface area contributed by atoms with Gasteiger partial charge in [0.15, 0.2) is 15.7 Å². The third kappa shape index (κ3) is 4.76. The Kier molecular flexibility index (Phi) is 6.82. The van der Waals surface area contributed by atoms with E-state index in [1.807, 2.05) is 6.92 Å². The van der Waals surface area contributed by atoms with Crippen molar-refractivity contribution in [2.24, 2.45) is 0 Å². The summed E-state index contributed by atoms with van der Waals surface area (Å²) in [5.74, 6) is 1.07. The van der Waals surface area contributed by atoms with Gasteiger partial charge >= 0.3 is 6.03 Å². The molecule has 2 aliphatic rings. The van der Waals surface area contributed by atoms with Crippen molar-refractivity contribution in [3.05, 3.63) is 65.3 Å². The summed E-state index contributed by atoms with van der Waals surface area (Å²) in [7, 11) is -2.27. The second kappa shape index (κ2) is 9.92. The number of carbonyl (C=O) groups is 1. The van der Waals surface area contributed by atoms with Crippen molar-refractivity contribution in [1.29, 1.82) is 0 Å². The van der Waals surface area contributed by atoms with Crippen LogP contribution >= 0.6 is 11.6 Å². The number of ether oxygens (including phenoxy) is 1. The number of aromatic nitrogens is 2. The van der Waals surface area contributed by atoms with Crippen LogP contribution in [0.4, 0.5) is 16.3 Å². The third-order valence-corrected chi connectivity index (χ3v) is 9.84. The molecule has 1 aromatic heterocycles. The van der Waals surface area contributed by atoms with Gasteiger partial charge in [0.1, 0.15) is 10.6 Å². The van der Waals surface area contributed by atoms with Gasteiger partial charge < -0.3 is 20.3 Å². The summed E-state index contributed by atoms with van der Waals surface area (Å²) >= 11 is 6.32. The molecule has 2 fully saturated rings. The van der Waals surface area contributed by atoms with E-state index >= 15 is 0 Å². The van der Waals surface area contributed by atoms with Gasteiger partial charge in [0.25, 0.3) is 0 Å². The number of carbonyl (C=O) groups excluding carboxylic acids is 1. The van der Waals surface area contributed by atoms with Crippen LogP contribution in [-0.2, 0) is 19.3 Å². The minimum Gasteiger partial charge on any atom is -0.377 e. The van der Waals surface area contributed by atoms with E-state index in [1.165, 1.54) is 0 Å². The van der Waals surface area contributed by atoms with E-state index in [2.05, 4.69) is 15.5 Å². The second-order valence-corrected chi connectivity index (χ2v) is 11.9. The predicted octanol–water partition coefficient (Wildman–Crippen LogP) is 4.24. The van der Waals surface area contributed by atoms with E-state index < -0.39 is 14.6 Å². The van der Waals surface area contributed by atoms with E-state index in [-0.39, 0.29) is 22.0 Å². The molecule has 2 aromatic carbocycles. The maximum absolute atomic E-state index is 13.9. The molecule has 1 aliphatic heterocycles. The highest BCUT2D eigenvalue weighted by atomic mass is 35.5. The minimum absolute atomic E-state index is 0.0683. The average Bonchev–Trinajstić information content (AvgIpc) is 3.72. The van der Waals surface area contributed by atoms with Crippen molar-refractivity contribution in [2.75, 3.05) is 37.0 Å². The van der Waals surface area contributed by atoms with Gasteiger partial charge in [0.05, 0.1) is 34.9 Å². The Morgan fingerprint density at radius 1 is 1.14 bits per heavy atom. The van der Waals surface area contributed by atoms with E-state index in [4.69, 9.17) is 26.3 Å². The Balaban J connectivity index is 1.60. The molecular weight excluding hydrogens is 514 g/mol. The van der Waals surface area contributed by atoms with E-state index in [1.54, 1.807) is 61.6 Å². The molecule has 0 bridgehead atoms. The van der Waals surface area contributed by atoms with Crippen molar-refractivity contribution < 1.29 is 17.9 Å². The Morgan fingerprint density at radius 3 is 2.51 bits per heavy atom. The first-order valence-corrected chi connectivity index (χ1v) is 13.9. The van der Waals surface area contributed by atoms with Crippen LogP contribution in [0.25, 0.3) is 11.4 Å². The molecule has 2 heterocycles. The topological polar surface area (TPSA) is 114 Å². The van der Waals surface area contributed by atoms with E-state index in [9.17, 15) is 13.2 Å². The number of hydrogen-bond donors (Lipinski definition) is 2. The fourth-order valence-corrected chi connectivity index (χ4v) is 7.02. The summed E-state index contributed by atoms with van der Waals surface area (Å²) in [4.78, 5) is 23.5. The van der Waals surface area contributed by atoms with Crippen LogP contribution < -0.4 is 15.5 Å². The first-order valence-electron chi connectivity index (χ1n) is 12.1. The molecule has 1 atom stereocenters. The third-order valence-electron chi connectivity index (χ3n) is 6.81. The zero-order valence-electron chi connectivity index (χ0n) is 20.6. The van der Waals surface area contributed by atoms with Gasteiger partial charge in [-0.25, -0.2) is 23.2 Å². The summed E-state index contributed by atoms with van der Waals surface area (Å²) < 4.78 is 32.2. The molecule has 2 N–H and O–H groups in total. The largest absolute Gasteiger partial charge is 0.377 e. The van der Waals surface area contributed by atoms with Crippen LogP contribution in [0.5, 0.6) is 0 Å². The standard InChI is InChI=1S/C26H28ClN5O4S/c1-17-16-36-14-13-32(17)23-15-22(26(11-12-26)37(34,35)21-6-4-3-5-20(21)27)30-24(31-23)18-7-9-19(10-8-18)29-25(33)28-2/h3-10,15,17H,11-14,16H2,1-2H3,(H2,28,29,33)/t17-/m0/s1. The number of anilines is 2. The zero-order valence-corrected chi connectivity index (χ0v) is 22.1. The lowest BCUT2D eigenvalue weighted by Gasteiger charge is -2.34. The number of nitrogens with zero attached hydrogens (tertiary/aromatic N) is 3. The SMILES string of the molecule is CNC(=O)Nc1ccc(-c2nc(N3CCOC[C@@H]3C)cc(C3(S(=O)(=O)c4ccccc4Cl)CC3)n2)cc1. The van der Waals surface area contributed by atoms with Gasteiger partial charge in [-0.15, -0.1) is 0 Å². The summed E-state index contributed by atoms with van der Waals surface area (Å²) in [5.41, 5.74) is 1.78. The number of nitrogens with one attached hydrogen (secondary N) is 2. The van der Waals surface area contributed by atoms with Crippen LogP contribution in [0.3, 0.4) is 0 Å². The van der Waals surface area contributed by atoms with Crippen molar-refractivity contribution in [3.8, 4) is 11.4 Å². The number of amides is 2. The molecule has 194 valence electrons. The lowest BCUT2D eigenvalue weighted by molar-refractivity contribution is 0.0985. The number of hydrogen-bond acceptors (Lipinski definition) is 7. The van der Waals surface area contributed by atoms with Crippen molar-refractivity contribution in [2.45, 2.75) is 35.4 Å². The van der Waals surface area contributed by atoms with Crippen LogP contribution in [0.2, 0.25) is 5.02 Å². The smallest absolute Gasteiger partial charge is 0.318 e. The monoisotopic (exact) mass is 541 g/mol. The lowest BCUT2D eigenvalue weighted by atomic mass is 10.1. The Labute approximate surface area is 221 Å². The molecule has 3 aromatic rings. The quantitative estimate of drug-likeness (QED) is 0.480. The minimum atomic E-state index is -3.81. The summed E-state index contributed by atoms with van der Waals surface area (Å²) in [6.45, 7) is 3.79. The fourth-order valence-electron chi connectivity index (χ4n) is 4.56. The highest BCUT2D eigenvalue weighted by molar-refractivity contribution is 7.92. The number of benzene rings is 2. The molecule has 0 radical (unpaired) electrons. The molecular formula is C26H28ClN5O4S. The van der Waals surface area contributed by atoms with Crippen LogP contribution in [-0.4, -0.2) is 57.3 Å². The van der Waals surface area contributed by atoms with Crippen LogP contribution in [0.15, 0.2) is 59.5 Å². The van der Waals surface area contributed by atoms with Crippen molar-refractivity contribution in [3.63, 3.8) is 0 Å². The molecule has 1 aliphatic carbocycles. The van der Waals surface area contributed by atoms with Gasteiger partial charge in [0.2, 0.25) is 0 Å². The summed E-state index contributed by atoms with van der Waals surface area (Å²) in [6.07, 6.45) is 0.897. The second-order valence-electron chi connectivity index (χ2n) is 9.26. The van der Waals surface area contributed by atoms with Crippen LogP contribution in [0.1, 0.15) is 25.5 Å². The van der Waals surface area contributed by atoms with Gasteiger partial charge in [0, 0.05) is 30.9 Å². The number of halogens is 1. The molecule has 0 spiro atoms. The number of rotatable bonds is 6. The molecule has 11 heteroatoms. The Bertz CT molecular complexity index is 1430. The Morgan fingerprint density at radius 2 is 1.86 bits per heavy atom. The van der Waals surface area contributed by atoms with Gasteiger partial charge in [-0.2, -0.15) is 0 Å². The fraction of sp³-hybridized carbons (Fsp3) is 0.346. The highest BCUT2D eigenvalue weighted by Gasteiger charge is 2.58. The highest BCUT2D eigenvalue weighted by Crippen LogP contribution is 2.56. The lowest BCUT2D eigenvalue weighted by Crippen LogP contribution is -2.44. The first-order chi connectivity index (χ1) is 17.7. The van der Waals surface area contributed by atoms with Gasteiger partial charge in [-0.3, -0.25) is 0 Å². The van der Waals surface area contributed by atoms with Gasteiger partial charge in [-0.1, -0.05) is 23.7 Å². The number of morpholine rings is 1. The maximum atomic E-state index is 13.9. The van der Waals surface area contributed by atoms with E-state index in [0.717, 1.165) is 0 Å². The first kappa shape index (κ1) is 25.4. The summed E-state index contributed by atoms with van der Waals surface area (Å²) in [5, 5.41) is 5.44. The normalized spacial score (nSPS) is 18.8. The predicted molar refractivity (Wildman–Crippen MR) is 143 cm³/mol. The molecule has 2 amide bonds. The molecule has 9 nitrogen and oxygen atoms in total. The Hall–Kier alpha value is -3.21. The van der Waals surface area contributed by atoms with Gasteiger partial charge in [-0.05, 0) is 56.2 Å². The van der Waals surface area contributed by atoms with Crippen LogP contribution in [0, 0.1) is 0 Å². The molecule has 1 saturated heterocycles. The molecule has 37 heavy (non-hydrogen) atoms. The zero-order chi connectivity index (χ0) is 26.2. The molecule has 1 saturated carbocycles. The number of sulfone groups is 1. The van der Waals surface area contributed by atoms with E-state index in [0.29, 0.717) is 61.2 Å². The average molecular weight is 542 g/mol. The molecule has 5 rings (SSSR count). The number of urea groups is 1. The van der Waals surface area contributed by atoms with Crippen molar-refractivity contribution >= 4 is 39.0 Å². The van der Waals surface area contributed by atoms with Crippen molar-refractivity contribution in [1.82, 2.24) is 15.3 Å².